The zero-order valence-corrected chi connectivity index (χ0v) is 11.4. The highest BCUT2D eigenvalue weighted by Gasteiger charge is 2.14. The summed E-state index contributed by atoms with van der Waals surface area (Å²) in [5.74, 6) is 0. The van der Waals surface area contributed by atoms with Gasteiger partial charge in [-0.15, -0.1) is 11.3 Å². The summed E-state index contributed by atoms with van der Waals surface area (Å²) in [7, 11) is 0. The van der Waals surface area contributed by atoms with Crippen LogP contribution in [0.2, 0.25) is 0 Å². The summed E-state index contributed by atoms with van der Waals surface area (Å²) >= 11 is 4.99. The second-order valence-corrected chi connectivity index (χ2v) is 6.09. The van der Waals surface area contributed by atoms with Gasteiger partial charge in [0, 0.05) is 4.88 Å². The van der Waals surface area contributed by atoms with E-state index < -0.39 is 6.10 Å². The average Bonchev–Trinajstić information content (AvgIpc) is 2.75. The largest absolute Gasteiger partial charge is 0.383 e. The second kappa shape index (κ2) is 5.13. The lowest BCUT2D eigenvalue weighted by Gasteiger charge is -2.13. The van der Waals surface area contributed by atoms with Crippen LogP contribution in [0.15, 0.2) is 40.2 Å². The summed E-state index contributed by atoms with van der Waals surface area (Å²) in [6.45, 7) is 2.11. The van der Waals surface area contributed by atoms with Gasteiger partial charge in [0.2, 0.25) is 0 Å². The van der Waals surface area contributed by atoms with Crippen molar-refractivity contribution in [3.05, 3.63) is 56.2 Å². The van der Waals surface area contributed by atoms with E-state index in [1.807, 2.05) is 30.3 Å². The molecule has 0 radical (unpaired) electrons. The van der Waals surface area contributed by atoms with Crippen molar-refractivity contribution >= 4 is 27.3 Å². The van der Waals surface area contributed by atoms with Gasteiger partial charge in [-0.05, 0) is 45.6 Å². The lowest BCUT2D eigenvalue weighted by Crippen LogP contribution is -2.01. The summed E-state index contributed by atoms with van der Waals surface area (Å²) in [5.41, 5.74) is 2.22. The quantitative estimate of drug-likeness (QED) is 0.902. The molecule has 1 aromatic carbocycles. The van der Waals surface area contributed by atoms with Crippen molar-refractivity contribution in [1.29, 1.82) is 0 Å². The molecule has 0 saturated carbocycles. The van der Waals surface area contributed by atoms with Gasteiger partial charge < -0.3 is 5.11 Å². The molecule has 1 N–H and O–H groups in total. The molecule has 1 nitrogen and oxygen atoms in total. The van der Waals surface area contributed by atoms with Gasteiger partial charge in [-0.2, -0.15) is 0 Å². The molecule has 1 aromatic heterocycles. The molecule has 1 heterocycles. The molecule has 0 spiro atoms. The fraction of sp³-hybridized carbons (Fsp3) is 0.231. The summed E-state index contributed by atoms with van der Waals surface area (Å²) in [6.07, 6.45) is 0.437. The van der Waals surface area contributed by atoms with Gasteiger partial charge in [-0.1, -0.05) is 31.2 Å². The molecule has 0 aliphatic rings. The Balaban J connectivity index is 2.36. The van der Waals surface area contributed by atoms with Crippen LogP contribution in [-0.2, 0) is 6.42 Å². The highest BCUT2D eigenvalue weighted by Crippen LogP contribution is 2.32. The number of benzene rings is 1. The molecule has 0 fully saturated rings. The predicted octanol–water partition coefficient (Wildman–Crippen LogP) is 4.15. The van der Waals surface area contributed by atoms with Crippen LogP contribution < -0.4 is 0 Å². The molecule has 0 aliphatic heterocycles. The highest BCUT2D eigenvalue weighted by atomic mass is 79.9. The van der Waals surface area contributed by atoms with Gasteiger partial charge >= 0.3 is 0 Å². The van der Waals surface area contributed by atoms with E-state index in [1.165, 1.54) is 5.56 Å². The molecule has 0 aliphatic carbocycles. The first-order chi connectivity index (χ1) is 7.72. The van der Waals surface area contributed by atoms with E-state index >= 15 is 0 Å². The number of aliphatic hydroxyl groups is 1. The fourth-order valence-corrected chi connectivity index (χ4v) is 3.18. The molecule has 1 atom stereocenters. The number of thiophene rings is 1. The molecule has 16 heavy (non-hydrogen) atoms. The van der Waals surface area contributed by atoms with Crippen LogP contribution in [0.3, 0.4) is 0 Å². The van der Waals surface area contributed by atoms with Gasteiger partial charge in [0.15, 0.2) is 0 Å². The third-order valence-corrected chi connectivity index (χ3v) is 4.27. The van der Waals surface area contributed by atoms with Crippen molar-refractivity contribution in [3.63, 3.8) is 0 Å². The minimum Gasteiger partial charge on any atom is -0.383 e. The third-order valence-electron chi connectivity index (χ3n) is 2.59. The van der Waals surface area contributed by atoms with Crippen molar-refractivity contribution in [1.82, 2.24) is 0 Å². The maximum absolute atomic E-state index is 10.3. The van der Waals surface area contributed by atoms with Gasteiger partial charge in [0.25, 0.3) is 0 Å². The van der Waals surface area contributed by atoms with E-state index in [9.17, 15) is 5.11 Å². The van der Waals surface area contributed by atoms with E-state index in [0.29, 0.717) is 0 Å². The molecular formula is C13H13BrOS. The van der Waals surface area contributed by atoms with Gasteiger partial charge in [0.1, 0.15) is 6.10 Å². The lowest BCUT2D eigenvalue weighted by atomic mass is 10.00. The zero-order chi connectivity index (χ0) is 11.5. The molecule has 0 amide bonds. The van der Waals surface area contributed by atoms with Crippen molar-refractivity contribution in [2.45, 2.75) is 19.4 Å². The first-order valence-corrected chi connectivity index (χ1v) is 6.84. The lowest BCUT2D eigenvalue weighted by molar-refractivity contribution is 0.223. The molecular weight excluding hydrogens is 284 g/mol. The summed E-state index contributed by atoms with van der Waals surface area (Å²) in [6, 6.07) is 12.0. The first kappa shape index (κ1) is 11.8. The van der Waals surface area contributed by atoms with Gasteiger partial charge in [0.05, 0.1) is 3.79 Å². The Labute approximate surface area is 108 Å². The number of hydrogen-bond acceptors (Lipinski definition) is 2. The number of aliphatic hydroxyl groups excluding tert-OH is 1. The SMILES string of the molecule is CCc1ccccc1C(O)c1ccc(Br)s1. The maximum Gasteiger partial charge on any atom is 0.113 e. The smallest absolute Gasteiger partial charge is 0.113 e. The van der Waals surface area contributed by atoms with Crippen LogP contribution in [0.5, 0.6) is 0 Å². The average molecular weight is 297 g/mol. The van der Waals surface area contributed by atoms with Crippen molar-refractivity contribution in [3.8, 4) is 0 Å². The molecule has 3 heteroatoms. The second-order valence-electron chi connectivity index (χ2n) is 3.60. The van der Waals surface area contributed by atoms with E-state index in [4.69, 9.17) is 0 Å². The van der Waals surface area contributed by atoms with Crippen LogP contribution in [0.25, 0.3) is 0 Å². The van der Waals surface area contributed by atoms with E-state index in [0.717, 1.165) is 20.6 Å². The van der Waals surface area contributed by atoms with Crippen LogP contribution in [0.4, 0.5) is 0 Å². The van der Waals surface area contributed by atoms with Crippen molar-refractivity contribution < 1.29 is 5.11 Å². The van der Waals surface area contributed by atoms with Crippen LogP contribution in [-0.4, -0.2) is 5.11 Å². The fourth-order valence-electron chi connectivity index (χ4n) is 1.75. The van der Waals surface area contributed by atoms with Gasteiger partial charge in [-0.3, -0.25) is 0 Å². The number of rotatable bonds is 3. The monoisotopic (exact) mass is 296 g/mol. The number of aryl methyl sites for hydroxylation is 1. The van der Waals surface area contributed by atoms with E-state index in [2.05, 4.69) is 28.9 Å². The third kappa shape index (κ3) is 2.37. The molecule has 2 rings (SSSR count). The van der Waals surface area contributed by atoms with E-state index in [1.54, 1.807) is 11.3 Å². The van der Waals surface area contributed by atoms with Crippen molar-refractivity contribution in [2.24, 2.45) is 0 Å². The topological polar surface area (TPSA) is 20.2 Å². The summed E-state index contributed by atoms with van der Waals surface area (Å²) in [5, 5.41) is 10.3. The maximum atomic E-state index is 10.3. The molecule has 2 aromatic rings. The van der Waals surface area contributed by atoms with Crippen LogP contribution >= 0.6 is 27.3 Å². The Kier molecular flexibility index (Phi) is 3.79. The Morgan fingerprint density at radius 1 is 1.25 bits per heavy atom. The molecule has 0 saturated heterocycles. The summed E-state index contributed by atoms with van der Waals surface area (Å²) in [4.78, 5) is 0.979. The Hall–Kier alpha value is -0.640. The van der Waals surface area contributed by atoms with Crippen LogP contribution in [0, 0.1) is 0 Å². The Morgan fingerprint density at radius 2 is 2.00 bits per heavy atom. The molecule has 1 unspecified atom stereocenters. The molecule has 0 bridgehead atoms. The minimum absolute atomic E-state index is 0.507. The van der Waals surface area contributed by atoms with Crippen LogP contribution in [0.1, 0.15) is 29.0 Å². The number of hydrogen-bond donors (Lipinski definition) is 1. The molecule has 84 valence electrons. The minimum atomic E-state index is -0.507. The first-order valence-electron chi connectivity index (χ1n) is 5.23. The predicted molar refractivity (Wildman–Crippen MR) is 71.9 cm³/mol. The Bertz CT molecular complexity index is 478. The van der Waals surface area contributed by atoms with E-state index in [-0.39, 0.29) is 0 Å². The van der Waals surface area contributed by atoms with Crippen molar-refractivity contribution in [2.75, 3.05) is 0 Å². The standard InChI is InChI=1S/C13H13BrOS/c1-2-9-5-3-4-6-10(9)13(15)11-7-8-12(14)16-11/h3-8,13,15H,2H2,1H3. The Morgan fingerprint density at radius 3 is 2.62 bits per heavy atom. The highest BCUT2D eigenvalue weighted by molar-refractivity contribution is 9.11. The number of halogens is 1. The normalized spacial score (nSPS) is 12.7. The summed E-state index contributed by atoms with van der Waals surface area (Å²) < 4.78 is 1.05. The zero-order valence-electron chi connectivity index (χ0n) is 8.98. The van der Waals surface area contributed by atoms with Gasteiger partial charge in [-0.25, -0.2) is 0 Å².